The Labute approximate surface area is 193 Å². The molecule has 1 saturated carbocycles. The maximum atomic E-state index is 5.50. The van der Waals surface area contributed by atoms with Gasteiger partial charge >= 0.3 is 0 Å². The maximum Gasteiger partial charge on any atom is 0.262 e. The van der Waals surface area contributed by atoms with Crippen molar-refractivity contribution < 1.29 is 9.30 Å². The number of methoxy groups -OCH3 is 1. The molecule has 0 spiro atoms. The van der Waals surface area contributed by atoms with Crippen LogP contribution in [0.2, 0.25) is 0 Å². The van der Waals surface area contributed by atoms with E-state index in [0.29, 0.717) is 12.0 Å². The Hall–Kier alpha value is -3.11. The quantitative estimate of drug-likeness (QED) is 0.329. The number of aromatic nitrogens is 1. The second kappa shape index (κ2) is 7.79. The fourth-order valence-corrected chi connectivity index (χ4v) is 6.56. The van der Waals surface area contributed by atoms with Crippen molar-refractivity contribution in [2.45, 2.75) is 31.2 Å². The molecule has 3 aromatic carbocycles. The van der Waals surface area contributed by atoms with E-state index in [1.807, 2.05) is 17.4 Å². The minimum Gasteiger partial charge on any atom is -0.497 e. The van der Waals surface area contributed by atoms with Gasteiger partial charge < -0.3 is 9.64 Å². The summed E-state index contributed by atoms with van der Waals surface area (Å²) in [6.45, 7) is 0. The van der Waals surface area contributed by atoms with Gasteiger partial charge in [0.05, 0.1) is 7.11 Å². The van der Waals surface area contributed by atoms with E-state index in [0.717, 1.165) is 5.75 Å². The number of hydrogen-bond acceptors (Lipinski definition) is 3. The van der Waals surface area contributed by atoms with Crippen LogP contribution in [0.1, 0.15) is 41.3 Å². The summed E-state index contributed by atoms with van der Waals surface area (Å²) in [5, 5.41) is 1.27. The predicted octanol–water partition coefficient (Wildman–Crippen LogP) is 6.69. The summed E-state index contributed by atoms with van der Waals surface area (Å²) < 4.78 is 9.11. The van der Waals surface area contributed by atoms with E-state index in [1.54, 1.807) is 7.11 Å². The van der Waals surface area contributed by atoms with Crippen LogP contribution in [0.4, 0.5) is 11.4 Å². The molecule has 3 nitrogen and oxygen atoms in total. The number of benzene rings is 3. The van der Waals surface area contributed by atoms with E-state index in [1.165, 1.54) is 57.0 Å². The SMILES string of the molecule is COc1cccc(N2c3ccc(/C=C/c4sc5ccccc5[n+]4C)cc3C3CCCC32)c1. The maximum absolute atomic E-state index is 5.50. The number of rotatable bonds is 4. The molecule has 0 radical (unpaired) electrons. The largest absolute Gasteiger partial charge is 0.497 e. The van der Waals surface area contributed by atoms with Gasteiger partial charge in [0.1, 0.15) is 17.5 Å². The normalized spacial score (nSPS) is 19.6. The molecular formula is C28H27N2OS+. The van der Waals surface area contributed by atoms with Gasteiger partial charge in [-0.25, -0.2) is 0 Å². The average molecular weight is 440 g/mol. The lowest BCUT2D eigenvalue weighted by Gasteiger charge is -2.27. The number of fused-ring (bicyclic) bond motifs is 4. The molecule has 0 bridgehead atoms. The molecule has 0 amide bonds. The number of thiazole rings is 1. The molecule has 2 atom stereocenters. The summed E-state index contributed by atoms with van der Waals surface area (Å²) in [6.07, 6.45) is 8.35. The van der Waals surface area contributed by atoms with Crippen molar-refractivity contribution in [1.82, 2.24) is 0 Å². The van der Waals surface area contributed by atoms with E-state index < -0.39 is 0 Å². The van der Waals surface area contributed by atoms with E-state index in [9.17, 15) is 0 Å². The summed E-state index contributed by atoms with van der Waals surface area (Å²) in [5.74, 6) is 1.53. The molecule has 32 heavy (non-hydrogen) atoms. The summed E-state index contributed by atoms with van der Waals surface area (Å²) in [6, 6.07) is 24.6. The molecule has 2 heterocycles. The van der Waals surface area contributed by atoms with Crippen molar-refractivity contribution in [2.75, 3.05) is 12.0 Å². The minimum atomic E-state index is 0.553. The topological polar surface area (TPSA) is 16.4 Å². The Morgan fingerprint density at radius 1 is 1.00 bits per heavy atom. The summed E-state index contributed by atoms with van der Waals surface area (Å²) >= 11 is 1.84. The third-order valence-electron chi connectivity index (χ3n) is 7.04. The molecule has 4 aromatic rings. The van der Waals surface area contributed by atoms with Crippen LogP contribution in [0.25, 0.3) is 22.4 Å². The molecule has 160 valence electrons. The van der Waals surface area contributed by atoms with Crippen molar-refractivity contribution in [3.8, 4) is 5.75 Å². The van der Waals surface area contributed by atoms with Gasteiger partial charge in [-0.05, 0) is 60.4 Å². The third kappa shape index (κ3) is 3.13. The number of anilines is 2. The second-order valence-corrected chi connectivity index (χ2v) is 9.86. The highest BCUT2D eigenvalue weighted by atomic mass is 32.1. The highest BCUT2D eigenvalue weighted by molar-refractivity contribution is 7.18. The minimum absolute atomic E-state index is 0.553. The fraction of sp³-hybridized carbons (Fsp3) is 0.250. The van der Waals surface area contributed by atoms with Crippen LogP contribution >= 0.6 is 11.3 Å². The van der Waals surface area contributed by atoms with E-state index in [4.69, 9.17) is 4.74 Å². The molecule has 1 aliphatic heterocycles. The first-order valence-electron chi connectivity index (χ1n) is 11.4. The number of hydrogen-bond donors (Lipinski definition) is 0. The van der Waals surface area contributed by atoms with Gasteiger partial charge in [0.2, 0.25) is 5.52 Å². The number of para-hydroxylation sites is 1. The number of ether oxygens (including phenoxy) is 1. The first kappa shape index (κ1) is 19.6. The zero-order valence-electron chi connectivity index (χ0n) is 18.5. The van der Waals surface area contributed by atoms with Crippen LogP contribution in [0.15, 0.2) is 66.7 Å². The van der Waals surface area contributed by atoms with E-state index >= 15 is 0 Å². The average Bonchev–Trinajstić information content (AvgIpc) is 3.51. The zero-order valence-corrected chi connectivity index (χ0v) is 19.3. The lowest BCUT2D eigenvalue weighted by atomic mass is 9.96. The summed E-state index contributed by atoms with van der Waals surface area (Å²) in [5.41, 5.74) is 6.66. The molecule has 4 heteroatoms. The van der Waals surface area contributed by atoms with Gasteiger partial charge in [-0.3, -0.25) is 0 Å². The monoisotopic (exact) mass is 439 g/mol. The van der Waals surface area contributed by atoms with Crippen LogP contribution in [0.3, 0.4) is 0 Å². The van der Waals surface area contributed by atoms with E-state index in [2.05, 4.69) is 89.3 Å². The van der Waals surface area contributed by atoms with Crippen molar-refractivity contribution >= 4 is 45.1 Å². The van der Waals surface area contributed by atoms with Gasteiger partial charge in [-0.2, -0.15) is 4.57 Å². The third-order valence-corrected chi connectivity index (χ3v) is 8.23. The smallest absolute Gasteiger partial charge is 0.262 e. The van der Waals surface area contributed by atoms with Crippen LogP contribution in [0.5, 0.6) is 5.75 Å². The number of nitrogens with zero attached hydrogens (tertiary/aromatic N) is 2. The first-order valence-corrected chi connectivity index (χ1v) is 12.2. The Balaban J connectivity index is 1.36. The van der Waals surface area contributed by atoms with Crippen LogP contribution < -0.4 is 14.2 Å². The molecule has 2 aliphatic rings. The Bertz CT molecular complexity index is 1340. The molecule has 1 fully saturated rings. The van der Waals surface area contributed by atoms with Gasteiger partial charge in [0.15, 0.2) is 0 Å². The molecule has 1 aliphatic carbocycles. The van der Waals surface area contributed by atoms with Gasteiger partial charge in [-0.1, -0.05) is 42.0 Å². The Kier molecular flexibility index (Phi) is 4.76. The fourth-order valence-electron chi connectivity index (χ4n) is 5.51. The lowest BCUT2D eigenvalue weighted by Crippen LogP contribution is -2.28. The molecular weight excluding hydrogens is 412 g/mol. The zero-order chi connectivity index (χ0) is 21.7. The standard InChI is InChI=1S/C28H27N2OS/c1-29-26-10-3-4-12-27(26)32-28(29)16-14-19-13-15-25-23(17-19)22-9-6-11-24(22)30(25)20-7-5-8-21(18-20)31-2/h3-5,7-8,10,12-18,22,24H,6,9,11H2,1-2H3/q+1. The highest BCUT2D eigenvalue weighted by Crippen LogP contribution is 2.52. The van der Waals surface area contributed by atoms with Crippen molar-refractivity contribution in [2.24, 2.45) is 7.05 Å². The predicted molar refractivity (Wildman–Crippen MR) is 134 cm³/mol. The van der Waals surface area contributed by atoms with Gasteiger partial charge in [-0.15, -0.1) is 0 Å². The summed E-state index contributed by atoms with van der Waals surface area (Å²) in [4.78, 5) is 2.55. The Morgan fingerprint density at radius 2 is 1.91 bits per heavy atom. The molecule has 2 unspecified atom stereocenters. The van der Waals surface area contributed by atoms with Crippen molar-refractivity contribution in [1.29, 1.82) is 0 Å². The van der Waals surface area contributed by atoms with Crippen molar-refractivity contribution in [3.05, 3.63) is 82.9 Å². The van der Waals surface area contributed by atoms with Crippen LogP contribution in [-0.4, -0.2) is 13.2 Å². The Morgan fingerprint density at radius 3 is 2.78 bits per heavy atom. The van der Waals surface area contributed by atoms with E-state index in [-0.39, 0.29) is 0 Å². The van der Waals surface area contributed by atoms with Crippen LogP contribution in [-0.2, 0) is 7.05 Å². The highest BCUT2D eigenvalue weighted by Gasteiger charge is 2.42. The lowest BCUT2D eigenvalue weighted by molar-refractivity contribution is -0.642. The van der Waals surface area contributed by atoms with Crippen LogP contribution in [0, 0.1) is 0 Å². The molecule has 1 aromatic heterocycles. The van der Waals surface area contributed by atoms with Crippen molar-refractivity contribution in [3.63, 3.8) is 0 Å². The molecule has 0 saturated heterocycles. The number of aryl methyl sites for hydroxylation is 1. The summed E-state index contributed by atoms with van der Waals surface area (Å²) in [7, 11) is 3.89. The first-order chi connectivity index (χ1) is 15.7. The molecule has 0 N–H and O–H groups in total. The second-order valence-electron chi connectivity index (χ2n) is 8.79. The van der Waals surface area contributed by atoms with Gasteiger partial charge in [0, 0.05) is 41.5 Å². The molecule has 6 rings (SSSR count). The van der Waals surface area contributed by atoms with Gasteiger partial charge in [0.25, 0.3) is 5.01 Å².